The third-order valence-corrected chi connectivity index (χ3v) is 4.17. The Kier molecular flexibility index (Phi) is 4.51. The predicted molar refractivity (Wildman–Crippen MR) is 75.4 cm³/mol. The van der Waals surface area contributed by atoms with E-state index in [0.717, 1.165) is 5.56 Å². The molecule has 2 atom stereocenters. The number of aromatic hydroxyl groups is 1. The first-order valence-corrected chi connectivity index (χ1v) is 7.29. The fourth-order valence-corrected chi connectivity index (χ4v) is 3.21. The van der Waals surface area contributed by atoms with Gasteiger partial charge in [-0.15, -0.1) is 11.8 Å². The van der Waals surface area contributed by atoms with Gasteiger partial charge in [0.25, 0.3) is 0 Å². The van der Waals surface area contributed by atoms with Crippen LogP contribution in [0.2, 0.25) is 0 Å². The number of carbonyl (C=O) groups is 2. The van der Waals surface area contributed by atoms with Crippen LogP contribution in [0.15, 0.2) is 24.3 Å². The molecule has 1 amide bonds. The van der Waals surface area contributed by atoms with Crippen LogP contribution in [0.4, 0.5) is 0 Å². The number of phenols is 1. The van der Waals surface area contributed by atoms with Crippen LogP contribution < -0.4 is 5.73 Å². The fourth-order valence-electron chi connectivity index (χ4n) is 2.05. The first-order valence-electron chi connectivity index (χ1n) is 6.13. The largest absolute Gasteiger partial charge is 0.508 e. The number of rotatable bonds is 4. The zero-order valence-corrected chi connectivity index (χ0v) is 11.5. The van der Waals surface area contributed by atoms with Gasteiger partial charge in [0.2, 0.25) is 5.91 Å². The van der Waals surface area contributed by atoms with Crippen LogP contribution in [0.3, 0.4) is 0 Å². The number of amides is 1. The van der Waals surface area contributed by atoms with Gasteiger partial charge in [-0.05, 0) is 24.1 Å². The zero-order chi connectivity index (χ0) is 14.7. The van der Waals surface area contributed by atoms with Gasteiger partial charge in [0, 0.05) is 5.75 Å². The summed E-state index contributed by atoms with van der Waals surface area (Å²) in [6, 6.07) is 4.86. The number of carbonyl (C=O) groups excluding carboxylic acids is 1. The molecule has 0 saturated carbocycles. The molecule has 1 heterocycles. The summed E-state index contributed by atoms with van der Waals surface area (Å²) >= 11 is 1.41. The molecule has 20 heavy (non-hydrogen) atoms. The average molecular weight is 296 g/mol. The molecule has 7 heteroatoms. The van der Waals surface area contributed by atoms with Crippen molar-refractivity contribution in [2.45, 2.75) is 18.5 Å². The van der Waals surface area contributed by atoms with Crippen LogP contribution in [-0.2, 0) is 16.0 Å². The molecule has 1 aromatic rings. The maximum Gasteiger partial charge on any atom is 0.327 e. The molecule has 108 valence electrons. The highest BCUT2D eigenvalue weighted by molar-refractivity contribution is 7.99. The number of hydrogen-bond acceptors (Lipinski definition) is 5. The molecule has 0 bridgehead atoms. The van der Waals surface area contributed by atoms with Crippen LogP contribution >= 0.6 is 11.8 Å². The molecule has 1 aliphatic rings. The highest BCUT2D eigenvalue weighted by Crippen LogP contribution is 2.22. The van der Waals surface area contributed by atoms with E-state index in [0.29, 0.717) is 18.1 Å². The molecular formula is C13H16N2O4S. The van der Waals surface area contributed by atoms with Gasteiger partial charge in [-0.3, -0.25) is 4.79 Å². The van der Waals surface area contributed by atoms with Gasteiger partial charge < -0.3 is 20.8 Å². The lowest BCUT2D eigenvalue weighted by Crippen LogP contribution is -2.49. The summed E-state index contributed by atoms with van der Waals surface area (Å²) in [5, 5.41) is 18.3. The van der Waals surface area contributed by atoms with Crippen molar-refractivity contribution in [1.82, 2.24) is 4.90 Å². The van der Waals surface area contributed by atoms with Gasteiger partial charge >= 0.3 is 5.97 Å². The predicted octanol–water partition coefficient (Wildman–Crippen LogP) is 0.248. The smallest absolute Gasteiger partial charge is 0.327 e. The van der Waals surface area contributed by atoms with Crippen molar-refractivity contribution in [2.75, 3.05) is 11.6 Å². The number of thioether (sulfide) groups is 1. The van der Waals surface area contributed by atoms with Crippen molar-refractivity contribution in [1.29, 1.82) is 0 Å². The number of carboxylic acid groups (broad SMARTS) is 1. The van der Waals surface area contributed by atoms with Crippen molar-refractivity contribution in [3.05, 3.63) is 29.8 Å². The van der Waals surface area contributed by atoms with Gasteiger partial charge in [-0.25, -0.2) is 4.79 Å². The molecule has 1 unspecified atom stereocenters. The minimum absolute atomic E-state index is 0.149. The monoisotopic (exact) mass is 296 g/mol. The number of hydrogen-bond donors (Lipinski definition) is 3. The molecule has 0 radical (unpaired) electrons. The van der Waals surface area contributed by atoms with Crippen LogP contribution in [0, 0.1) is 0 Å². The number of nitrogens with two attached hydrogens (primary N) is 1. The minimum Gasteiger partial charge on any atom is -0.508 e. The Labute approximate surface area is 120 Å². The van der Waals surface area contributed by atoms with Crippen LogP contribution in [0.1, 0.15) is 5.56 Å². The number of benzene rings is 1. The van der Waals surface area contributed by atoms with Crippen molar-refractivity contribution in [3.63, 3.8) is 0 Å². The molecule has 2 rings (SSSR count). The molecule has 6 nitrogen and oxygen atoms in total. The number of phenolic OH excluding ortho intramolecular Hbond substituents is 1. The van der Waals surface area contributed by atoms with Gasteiger partial charge in [0.05, 0.1) is 11.9 Å². The molecule has 0 spiro atoms. The summed E-state index contributed by atoms with van der Waals surface area (Å²) in [4.78, 5) is 24.6. The van der Waals surface area contributed by atoms with Gasteiger partial charge in [0.1, 0.15) is 11.8 Å². The summed E-state index contributed by atoms with van der Waals surface area (Å²) < 4.78 is 0. The average Bonchev–Trinajstić information content (AvgIpc) is 2.90. The summed E-state index contributed by atoms with van der Waals surface area (Å²) in [7, 11) is 0. The zero-order valence-electron chi connectivity index (χ0n) is 10.7. The first-order chi connectivity index (χ1) is 9.49. The van der Waals surface area contributed by atoms with E-state index in [9.17, 15) is 14.7 Å². The molecule has 1 aromatic carbocycles. The molecule has 4 N–H and O–H groups in total. The Hall–Kier alpha value is -1.73. The Morgan fingerprint density at radius 1 is 1.40 bits per heavy atom. The van der Waals surface area contributed by atoms with E-state index in [1.165, 1.54) is 28.8 Å². The maximum absolute atomic E-state index is 12.2. The number of carboxylic acids is 1. The Morgan fingerprint density at radius 3 is 2.65 bits per heavy atom. The Morgan fingerprint density at radius 2 is 2.05 bits per heavy atom. The van der Waals surface area contributed by atoms with Crippen LogP contribution in [-0.4, -0.2) is 50.7 Å². The topological polar surface area (TPSA) is 104 Å². The lowest BCUT2D eigenvalue weighted by molar-refractivity contribution is -0.148. The second-order valence-corrected chi connectivity index (χ2v) is 5.64. The molecule has 1 saturated heterocycles. The molecule has 1 aliphatic heterocycles. The second kappa shape index (κ2) is 6.15. The quantitative estimate of drug-likeness (QED) is 0.735. The minimum atomic E-state index is -1.000. The van der Waals surface area contributed by atoms with Crippen LogP contribution in [0.5, 0.6) is 5.75 Å². The van der Waals surface area contributed by atoms with Crippen molar-refractivity contribution >= 4 is 23.6 Å². The van der Waals surface area contributed by atoms with E-state index in [2.05, 4.69) is 0 Å². The third-order valence-electron chi connectivity index (χ3n) is 3.16. The first kappa shape index (κ1) is 14.7. The third kappa shape index (κ3) is 3.23. The van der Waals surface area contributed by atoms with Gasteiger partial charge in [-0.2, -0.15) is 0 Å². The van der Waals surface area contributed by atoms with Gasteiger partial charge in [0.15, 0.2) is 0 Å². The van der Waals surface area contributed by atoms with E-state index in [1.807, 2.05) is 0 Å². The summed E-state index contributed by atoms with van der Waals surface area (Å²) in [6.07, 6.45) is 0.312. The number of nitrogens with zero attached hydrogens (tertiary/aromatic N) is 1. The molecule has 0 aliphatic carbocycles. The van der Waals surface area contributed by atoms with Crippen LogP contribution in [0.25, 0.3) is 0 Å². The fraction of sp³-hybridized carbons (Fsp3) is 0.385. The SMILES string of the molecule is NC(Cc1ccc(O)cc1)C(=O)N1CSC[C@H]1C(=O)O. The van der Waals surface area contributed by atoms with E-state index in [-0.39, 0.29) is 11.7 Å². The standard InChI is InChI=1S/C13H16N2O4S/c14-10(5-8-1-3-9(16)4-2-8)12(17)15-7-20-6-11(15)13(18)19/h1-4,10-11,16H,5-7,14H2,(H,18,19)/t10?,11-/m0/s1. The second-order valence-electron chi connectivity index (χ2n) is 4.64. The molecule has 0 aromatic heterocycles. The maximum atomic E-state index is 12.2. The molecular weight excluding hydrogens is 280 g/mol. The van der Waals surface area contributed by atoms with E-state index in [4.69, 9.17) is 10.8 Å². The van der Waals surface area contributed by atoms with E-state index in [1.54, 1.807) is 12.1 Å². The van der Waals surface area contributed by atoms with Gasteiger partial charge in [-0.1, -0.05) is 12.1 Å². The summed E-state index contributed by atoms with van der Waals surface area (Å²) in [5.41, 5.74) is 6.70. The summed E-state index contributed by atoms with van der Waals surface area (Å²) in [6.45, 7) is 0. The van der Waals surface area contributed by atoms with E-state index >= 15 is 0 Å². The van der Waals surface area contributed by atoms with E-state index < -0.39 is 18.1 Å². The van der Waals surface area contributed by atoms with Crippen molar-refractivity contribution in [3.8, 4) is 5.75 Å². The molecule has 1 fully saturated rings. The van der Waals surface area contributed by atoms with Crippen molar-refractivity contribution < 1.29 is 19.8 Å². The number of aliphatic carboxylic acids is 1. The lowest BCUT2D eigenvalue weighted by Gasteiger charge is -2.24. The highest BCUT2D eigenvalue weighted by atomic mass is 32.2. The Bertz CT molecular complexity index is 506. The summed E-state index contributed by atoms with van der Waals surface area (Å²) in [5.74, 6) is -0.447. The Balaban J connectivity index is 2.01. The highest BCUT2D eigenvalue weighted by Gasteiger charge is 2.36. The van der Waals surface area contributed by atoms with Crippen molar-refractivity contribution in [2.24, 2.45) is 5.73 Å². The normalized spacial score (nSPS) is 19.9. The lowest BCUT2D eigenvalue weighted by atomic mass is 10.0.